The Kier molecular flexibility index (Phi) is 50.9. The Hall–Kier alpha value is -9.33. The summed E-state index contributed by atoms with van der Waals surface area (Å²) in [5.74, 6) is 3.42. The number of methoxy groups -OCH3 is 5. The molecule has 0 atom stereocenters. The van der Waals surface area contributed by atoms with Crippen LogP contribution in [-0.2, 0) is 69.6 Å². The summed E-state index contributed by atoms with van der Waals surface area (Å²) in [6.45, 7) is 87.0. The van der Waals surface area contributed by atoms with Crippen LogP contribution in [0.4, 0.5) is 0 Å². The average molecular weight is 1820 g/mol. The van der Waals surface area contributed by atoms with E-state index in [1.165, 1.54) is 89.0 Å². The van der Waals surface area contributed by atoms with Crippen LogP contribution >= 0.6 is 0 Å². The number of ether oxygens (including phenoxy) is 5. The molecule has 1 N–H and O–H groups in total. The van der Waals surface area contributed by atoms with Crippen molar-refractivity contribution in [1.82, 2.24) is 0 Å². The zero-order chi connectivity index (χ0) is 102. The second-order valence-corrected chi connectivity index (χ2v) is 49.9. The molecule has 0 radical (unpaired) electrons. The number of carboxylic acids is 1. The predicted molar refractivity (Wildman–Crippen MR) is 583 cm³/mol. The highest BCUT2D eigenvalue weighted by molar-refractivity contribution is 5.87. The molecule has 0 aliphatic rings. The number of carbonyl (C=O) groups is 1. The van der Waals surface area contributed by atoms with E-state index < -0.39 is 5.97 Å². The maximum absolute atomic E-state index is 10.7. The van der Waals surface area contributed by atoms with Crippen LogP contribution in [0, 0.1) is 95.7 Å². The minimum absolute atomic E-state index is 0.192. The molecule has 0 fully saturated rings. The maximum Gasteiger partial charge on any atom is 0.335 e. The molecule has 133 heavy (non-hydrogen) atoms. The van der Waals surface area contributed by atoms with Crippen molar-refractivity contribution in [1.29, 1.82) is 0 Å². The second kappa shape index (κ2) is 55.6. The largest absolute Gasteiger partial charge is 0.497 e. The molecule has 0 aliphatic heterocycles. The summed E-state index contributed by atoms with van der Waals surface area (Å²) in [7, 11) is 8.39. The molecule has 0 aromatic heterocycles. The summed E-state index contributed by atoms with van der Waals surface area (Å²) in [5.41, 5.74) is 27.2. The van der Waals surface area contributed by atoms with E-state index in [-0.39, 0.29) is 16.2 Å². The van der Waals surface area contributed by atoms with Gasteiger partial charge in [-0.2, -0.15) is 0 Å². The predicted octanol–water partition coefficient (Wildman–Crippen LogP) is 35.6. The highest BCUT2D eigenvalue weighted by Crippen LogP contribution is 2.35. The van der Waals surface area contributed by atoms with E-state index in [4.69, 9.17) is 28.8 Å². The number of benzene rings is 10. The molecule has 7 nitrogen and oxygen atoms in total. The van der Waals surface area contributed by atoms with Crippen LogP contribution in [0.2, 0.25) is 0 Å². The minimum atomic E-state index is -0.860. The van der Waals surface area contributed by atoms with E-state index in [1.807, 2.05) is 36.4 Å². The van der Waals surface area contributed by atoms with Crippen LogP contribution in [0.15, 0.2) is 224 Å². The summed E-state index contributed by atoms with van der Waals surface area (Å²) in [4.78, 5) is 10.7. The lowest BCUT2D eigenvalue weighted by atomic mass is 9.84. The van der Waals surface area contributed by atoms with Crippen molar-refractivity contribution in [2.24, 2.45) is 54.1 Å². The van der Waals surface area contributed by atoms with Crippen molar-refractivity contribution in [2.45, 2.75) is 340 Å². The molecular weight excluding hydrogens is 1630 g/mol. The van der Waals surface area contributed by atoms with Gasteiger partial charge in [-0.05, 0) is 275 Å². The lowest BCUT2D eigenvalue weighted by molar-refractivity contribution is 0.0696. The average Bonchev–Trinajstić information content (AvgIpc) is 0.845. The van der Waals surface area contributed by atoms with Gasteiger partial charge in [0, 0.05) is 6.07 Å². The van der Waals surface area contributed by atoms with Crippen molar-refractivity contribution < 1.29 is 33.6 Å². The molecule has 0 saturated carbocycles. The Morgan fingerprint density at radius 2 is 0.466 bits per heavy atom. The number of aryl methyl sites for hydroxylation is 6. The molecule has 10 rings (SSSR count). The molecule has 0 bridgehead atoms. The zero-order valence-electron chi connectivity index (χ0n) is 92.8. The molecule has 0 unspecified atom stereocenters. The molecule has 7 heteroatoms. The Bertz CT molecular complexity index is 4530. The Morgan fingerprint density at radius 1 is 0.226 bits per heavy atom. The van der Waals surface area contributed by atoms with Crippen molar-refractivity contribution in [3.05, 3.63) is 325 Å². The Balaban J connectivity index is 0.000000740. The smallest absolute Gasteiger partial charge is 0.335 e. The molecule has 0 heterocycles. The van der Waals surface area contributed by atoms with Gasteiger partial charge in [-0.3, -0.25) is 0 Å². The lowest BCUT2D eigenvalue weighted by Gasteiger charge is -2.21. The van der Waals surface area contributed by atoms with Gasteiger partial charge >= 0.3 is 5.97 Å². The molecule has 10 aromatic carbocycles. The van der Waals surface area contributed by atoms with Crippen molar-refractivity contribution in [2.75, 3.05) is 35.5 Å². The first kappa shape index (κ1) is 122. The number of aromatic carboxylic acids is 1. The van der Waals surface area contributed by atoms with E-state index in [9.17, 15) is 4.79 Å². The second-order valence-electron chi connectivity index (χ2n) is 49.9. The van der Waals surface area contributed by atoms with Crippen LogP contribution < -0.4 is 23.7 Å². The lowest BCUT2D eigenvalue weighted by Crippen LogP contribution is -2.12. The first-order chi connectivity index (χ1) is 60.8. The molecule has 0 spiro atoms. The van der Waals surface area contributed by atoms with Crippen LogP contribution in [0.1, 0.15) is 333 Å². The van der Waals surface area contributed by atoms with Gasteiger partial charge in [0.05, 0.1) is 41.1 Å². The van der Waals surface area contributed by atoms with E-state index >= 15 is 0 Å². The summed E-state index contributed by atoms with van der Waals surface area (Å²) in [6, 6.07) is 78.6. The maximum atomic E-state index is 10.7. The van der Waals surface area contributed by atoms with Gasteiger partial charge in [-0.25, -0.2) is 4.79 Å². The van der Waals surface area contributed by atoms with Gasteiger partial charge in [0.2, 0.25) is 0 Å². The van der Waals surface area contributed by atoms with E-state index in [0.29, 0.717) is 48.9 Å². The number of carboxylic acid groups (broad SMARTS) is 1. The number of hydrogen-bond acceptors (Lipinski definition) is 6. The summed E-state index contributed by atoms with van der Waals surface area (Å²) >= 11 is 0. The highest BCUT2D eigenvalue weighted by atomic mass is 16.5. The zero-order valence-corrected chi connectivity index (χ0v) is 92.8. The van der Waals surface area contributed by atoms with E-state index in [1.54, 1.807) is 53.7 Å². The van der Waals surface area contributed by atoms with Gasteiger partial charge in [-0.1, -0.05) is 432 Å². The normalized spacial score (nSPS) is 11.7. The Morgan fingerprint density at radius 3 is 0.714 bits per heavy atom. The molecule has 736 valence electrons. The van der Waals surface area contributed by atoms with Gasteiger partial charge < -0.3 is 28.8 Å². The van der Waals surface area contributed by atoms with Gasteiger partial charge in [0.1, 0.15) is 17.2 Å². The van der Waals surface area contributed by atoms with Crippen LogP contribution in [0.5, 0.6) is 28.7 Å². The van der Waals surface area contributed by atoms with Crippen LogP contribution in [-0.4, -0.2) is 46.6 Å². The topological polar surface area (TPSA) is 83.5 Å². The van der Waals surface area contributed by atoms with Gasteiger partial charge in [-0.15, -0.1) is 0 Å². The van der Waals surface area contributed by atoms with Gasteiger partial charge in [0.25, 0.3) is 0 Å². The van der Waals surface area contributed by atoms with Gasteiger partial charge in [0.15, 0.2) is 11.5 Å². The monoisotopic (exact) mass is 1820 g/mol. The van der Waals surface area contributed by atoms with E-state index in [0.717, 1.165) is 98.5 Å². The van der Waals surface area contributed by atoms with Crippen molar-refractivity contribution in [3.63, 3.8) is 0 Å². The molecule has 0 amide bonds. The Labute approximate surface area is 817 Å². The first-order valence-corrected chi connectivity index (χ1v) is 48.5. The van der Waals surface area contributed by atoms with Crippen molar-refractivity contribution in [3.8, 4) is 28.7 Å². The molecule has 10 aromatic rings. The standard InChI is InChI=1S/C15H24.2C13H20O2.C13H20O.C12H16O2.5C12H18/c1-14(2,3)11-12-7-9-13(10-8-12)15(4,5)6;1-13(2,3)9-10-6-7-11(14-4)8-12(10)15-5;1-13(2,3)9-10-6-7-11(14-4)12(8-10)15-5;1-10-8-12(14-5)7-6-11(10)9-13(2,3)4;1-12(2,3)8-9-5-4-6-10(7-9)11(13)14;5*1-10-5-7-11(8-6-10)9-12(2,3)4/h7-10H,11H2,1-6H3;2*6-8H,9H2,1-5H3;6-8H,9H2,1-5H3;4-7H,8H2,1-3H3,(H,13,14);5*5-8H,9H2,1-4H3. The van der Waals surface area contributed by atoms with E-state index in [2.05, 4.69) is 440 Å². The summed E-state index contributed by atoms with van der Waals surface area (Å²) in [5, 5.41) is 8.81. The van der Waals surface area contributed by atoms with Crippen molar-refractivity contribution >= 4 is 5.97 Å². The summed E-state index contributed by atoms with van der Waals surface area (Å²) < 4.78 is 26.2. The highest BCUT2D eigenvalue weighted by Gasteiger charge is 2.21. The molecular formula is C126H190O7. The number of rotatable bonds is 16. The third-order valence-corrected chi connectivity index (χ3v) is 20.4. The fourth-order valence-corrected chi connectivity index (χ4v) is 14.5. The number of hydrogen-bond donors (Lipinski definition) is 1. The SMILES string of the molecule is CC(C)(C)Cc1ccc(C(C)(C)C)cc1.CC(C)(C)Cc1cccc(C(=O)O)c1.COc1ccc(CC(C)(C)C)c(C)c1.COc1ccc(CC(C)(C)C)c(OC)c1.COc1ccc(CC(C)(C)C)cc1OC.Cc1ccc(CC(C)(C)C)cc1.Cc1ccc(CC(C)(C)C)cc1.Cc1ccc(CC(C)(C)C)cc1.Cc1ccc(CC(C)(C)C)cc1.Cc1ccc(CC(C)(C)C)cc1. The third-order valence-electron chi connectivity index (χ3n) is 20.4. The molecule has 0 saturated heterocycles. The third kappa shape index (κ3) is 62.0. The fourth-order valence-electron chi connectivity index (χ4n) is 14.5. The molecule has 0 aliphatic carbocycles. The first-order valence-electron chi connectivity index (χ1n) is 48.5. The minimum Gasteiger partial charge on any atom is -0.497 e. The fraction of sp³-hybridized carbons (Fsp3) is 0.516. The summed E-state index contributed by atoms with van der Waals surface area (Å²) in [6.07, 6.45) is 11.0. The van der Waals surface area contributed by atoms with Crippen LogP contribution in [0.3, 0.4) is 0 Å². The quantitative estimate of drug-likeness (QED) is 0.103. The van der Waals surface area contributed by atoms with Crippen LogP contribution in [0.25, 0.3) is 0 Å².